The minimum atomic E-state index is 1.21. The first kappa shape index (κ1) is 0.988. The fourth-order valence-electron chi connectivity index (χ4n) is 3.58. The summed E-state index contributed by atoms with van der Waals surface area (Å²) < 4.78 is 0. The van der Waals surface area contributed by atoms with Crippen molar-refractivity contribution in [3.63, 3.8) is 0 Å². The third-order valence-electron chi connectivity index (χ3n) is 4.22. The van der Waals surface area contributed by atoms with E-state index < -0.39 is 0 Å². The molecule has 0 radical (unpaired) electrons. The average Bonchev–Trinajstić information content (AvgIpc) is 1.66. The lowest BCUT2D eigenvalue weighted by Gasteiger charge is -1.66. The molecule has 0 bridgehead atoms. The van der Waals surface area contributed by atoms with Crippen molar-refractivity contribution in [2.24, 2.45) is 28.1 Å². The van der Waals surface area contributed by atoms with E-state index in [0.717, 1.165) is 0 Å². The molecule has 0 aromatic heterocycles. The Bertz CT molecular complexity index is 152. The molecule has 0 unspecified atom stereocenters. The molecule has 7 saturated carbocycles. The van der Waals surface area contributed by atoms with Gasteiger partial charge in [-0.2, -0.15) is 0 Å². The van der Waals surface area contributed by atoms with E-state index in [1.807, 2.05) is 0 Å². The summed E-state index contributed by atoms with van der Waals surface area (Å²) in [6, 6.07) is 0. The van der Waals surface area contributed by atoms with Crippen LogP contribution in [0.4, 0.5) is 0 Å². The van der Waals surface area contributed by atoms with Crippen LogP contribution in [-0.2, 0) is 0 Å². The largest absolute Gasteiger partial charge is 0.0200 e. The molecule has 0 amide bonds. The van der Waals surface area contributed by atoms with E-state index in [9.17, 15) is 0 Å². The summed E-state index contributed by atoms with van der Waals surface area (Å²) in [5.41, 5.74) is 3.63. The van der Waals surface area contributed by atoms with Crippen molar-refractivity contribution in [1.82, 2.24) is 0 Å². The second-order valence-corrected chi connectivity index (χ2v) is 3.47. The molecule has 0 atom stereocenters. The Kier molecular flexibility index (Phi) is 0.0123. The third kappa shape index (κ3) is 0.00666. The first-order chi connectivity index (χ1) is 2.48. The quantitative estimate of drug-likeness (QED) is 0.377. The molecule has 5 heavy (non-hydrogen) atoms. The van der Waals surface area contributed by atoms with E-state index in [4.69, 9.17) is 0 Å². The molecule has 22 valence electrons. The van der Waals surface area contributed by atoms with Gasteiger partial charge in [0, 0.05) is 0 Å². The molecule has 0 aromatic rings. The van der Waals surface area contributed by atoms with Gasteiger partial charge in [-0.1, -0.05) is 0 Å². The van der Waals surface area contributed by atoms with Crippen molar-refractivity contribution < 1.29 is 0 Å². The van der Waals surface area contributed by atoms with Gasteiger partial charge in [0.2, 0.25) is 0 Å². The molecular formula is C5H2. The summed E-state index contributed by atoms with van der Waals surface area (Å²) in [4.78, 5) is 0. The summed E-state index contributed by atoms with van der Waals surface area (Å²) in [5.74, 6) is 2.79. The van der Waals surface area contributed by atoms with Crippen LogP contribution in [0.1, 0.15) is 0 Å². The highest BCUT2D eigenvalue weighted by Crippen LogP contribution is 3.65. The predicted octanol–water partition coefficient (Wildman–Crippen LogP) is 0.246. The zero-order valence-electron chi connectivity index (χ0n) is 2.65. The normalized spacial score (nSPS) is 158. The maximum Gasteiger partial charge on any atom is -0.00808 e. The Hall–Kier alpha value is 0. The average molecular weight is 62.1 g/mol. The van der Waals surface area contributed by atoms with Crippen LogP contribution in [-0.4, -0.2) is 0 Å². The molecule has 0 nitrogen and oxygen atoms in total. The van der Waals surface area contributed by atoms with Gasteiger partial charge >= 0.3 is 0 Å². The van der Waals surface area contributed by atoms with Gasteiger partial charge in [0.1, 0.15) is 0 Å². The van der Waals surface area contributed by atoms with Crippen molar-refractivity contribution in [3.05, 3.63) is 0 Å². The summed E-state index contributed by atoms with van der Waals surface area (Å²) in [7, 11) is 0. The van der Waals surface area contributed by atoms with E-state index in [2.05, 4.69) is 0 Å². The van der Waals surface area contributed by atoms with Gasteiger partial charge < -0.3 is 0 Å². The van der Waals surface area contributed by atoms with Crippen LogP contribution in [0, 0.1) is 28.1 Å². The fourth-order valence-corrected chi connectivity index (χ4v) is 3.58. The fraction of sp³-hybridized carbons (Fsp3) is 1.00. The minimum absolute atomic E-state index is 1.21. The lowest BCUT2D eigenvalue weighted by atomic mass is 10.4. The lowest BCUT2D eigenvalue weighted by Crippen LogP contribution is -1.65. The van der Waals surface area contributed by atoms with Crippen LogP contribution in [0.2, 0.25) is 0 Å². The van der Waals surface area contributed by atoms with Crippen LogP contribution in [0.3, 0.4) is 0 Å². The summed E-state index contributed by atoms with van der Waals surface area (Å²) >= 11 is 0. The summed E-state index contributed by atoms with van der Waals surface area (Å²) in [6.45, 7) is 0. The van der Waals surface area contributed by atoms with E-state index >= 15 is 0 Å². The molecule has 0 aromatic carbocycles. The van der Waals surface area contributed by atoms with E-state index in [1.54, 1.807) is 0 Å². The predicted molar refractivity (Wildman–Crippen MR) is 14.3 cm³/mol. The molecule has 0 saturated heterocycles. The summed E-state index contributed by atoms with van der Waals surface area (Å²) in [6.07, 6.45) is 0. The maximum absolute atomic E-state index is 1.40. The second kappa shape index (κ2) is 0.0625. The van der Waals surface area contributed by atoms with Crippen LogP contribution in [0.5, 0.6) is 0 Å². The maximum atomic E-state index is 1.40. The van der Waals surface area contributed by atoms with Gasteiger partial charge in [0.15, 0.2) is 0 Å². The third-order valence-corrected chi connectivity index (χ3v) is 4.22. The molecule has 7 fully saturated rings. The molecule has 7 aliphatic carbocycles. The highest BCUT2D eigenvalue weighted by Gasteiger charge is 3.63. The molecule has 0 heteroatoms. The number of hydrogen-bond acceptors (Lipinski definition) is 0. The molecule has 7 rings (SSSR count). The first-order valence-corrected chi connectivity index (χ1v) is 2.48. The molecule has 0 aliphatic heterocycles. The van der Waals surface area contributed by atoms with Crippen LogP contribution in [0.15, 0.2) is 0 Å². The Balaban J connectivity index is 3.14. The van der Waals surface area contributed by atoms with Gasteiger partial charge in [-0.05, 0) is 28.1 Å². The van der Waals surface area contributed by atoms with Crippen molar-refractivity contribution in [3.8, 4) is 0 Å². The number of rotatable bonds is 0. The first-order valence-electron chi connectivity index (χ1n) is 2.48. The number of hydrogen-bond donors (Lipinski definition) is 0. The van der Waals surface area contributed by atoms with E-state index in [-0.39, 0.29) is 0 Å². The summed E-state index contributed by atoms with van der Waals surface area (Å²) in [5, 5.41) is 0. The zero-order valence-corrected chi connectivity index (χ0v) is 2.65. The van der Waals surface area contributed by atoms with Crippen molar-refractivity contribution in [2.45, 2.75) is 0 Å². The van der Waals surface area contributed by atoms with Crippen molar-refractivity contribution in [2.75, 3.05) is 0 Å². The molecule has 3 spiro atoms. The van der Waals surface area contributed by atoms with E-state index in [0.29, 0.717) is 0 Å². The molecular weight excluding hydrogens is 60.1 g/mol. The Labute approximate surface area is 29.2 Å². The van der Waals surface area contributed by atoms with Crippen molar-refractivity contribution >= 4 is 0 Å². The standard InChI is InChI=1S/C5H2/c1-3-2-4(1,3)5(1,2)3/h1-2H. The zero-order chi connectivity index (χ0) is 2.65. The SMILES string of the molecule is C12C34C5C13C254. The van der Waals surface area contributed by atoms with Gasteiger partial charge in [0.05, 0.1) is 0 Å². The van der Waals surface area contributed by atoms with Gasteiger partial charge in [-0.15, -0.1) is 0 Å². The molecule has 7 aliphatic rings. The Morgan fingerprint density at radius 1 is 0.800 bits per heavy atom. The van der Waals surface area contributed by atoms with Gasteiger partial charge in [-0.3, -0.25) is 0 Å². The van der Waals surface area contributed by atoms with Crippen LogP contribution < -0.4 is 0 Å². The second-order valence-electron chi connectivity index (χ2n) is 3.47. The smallest absolute Gasteiger partial charge is 0.00808 e. The van der Waals surface area contributed by atoms with Gasteiger partial charge in [-0.25, -0.2) is 0 Å². The van der Waals surface area contributed by atoms with E-state index in [1.165, 1.54) is 28.1 Å². The lowest BCUT2D eigenvalue weighted by molar-refractivity contribution is 0.788. The molecule has 0 heterocycles. The Morgan fingerprint density at radius 2 is 1.00 bits per heavy atom. The molecule has 0 N–H and O–H groups in total. The highest BCUT2D eigenvalue weighted by atomic mass is 15.7. The highest BCUT2D eigenvalue weighted by molar-refractivity contribution is 6.08. The topological polar surface area (TPSA) is 0 Å². The van der Waals surface area contributed by atoms with Gasteiger partial charge in [0.25, 0.3) is 0 Å². The van der Waals surface area contributed by atoms with Crippen LogP contribution >= 0.6 is 0 Å². The van der Waals surface area contributed by atoms with Crippen molar-refractivity contribution in [1.29, 1.82) is 0 Å². The minimum Gasteiger partial charge on any atom is -0.0200 e. The Morgan fingerprint density at radius 3 is 1.00 bits per heavy atom. The van der Waals surface area contributed by atoms with Crippen LogP contribution in [0.25, 0.3) is 0 Å². The monoisotopic (exact) mass is 62.0 g/mol.